The van der Waals surface area contributed by atoms with Crippen LogP contribution in [0.15, 0.2) is 28.4 Å². The van der Waals surface area contributed by atoms with Gasteiger partial charge in [-0.15, -0.1) is 0 Å². The van der Waals surface area contributed by atoms with Crippen LogP contribution >= 0.6 is 23.4 Å². The van der Waals surface area contributed by atoms with Crippen molar-refractivity contribution in [2.75, 3.05) is 42.6 Å². The standard InChI is InChI=1S/C29H41ClN6O5S/c1-17(38)19-13-36(14-19)26-23(30)21(6-9-31-26)42-22-12-32-25(20(15-37)33-22)35-10-7-29(8-11-35)16-40-18(2)24(29)34-27(39)41-28(3,4)5/h6,9,12,17-19,24,37-38H,7-8,10-11,13-16H2,1-5H3,(H,34,39)/t17?,18-,24+/m0/s1. The highest BCUT2D eigenvalue weighted by Gasteiger charge is 2.50. The summed E-state index contributed by atoms with van der Waals surface area (Å²) >= 11 is 8.10. The zero-order chi connectivity index (χ0) is 30.2. The molecule has 0 aliphatic carbocycles. The lowest BCUT2D eigenvalue weighted by Gasteiger charge is -2.43. The fourth-order valence-corrected chi connectivity index (χ4v) is 7.09. The summed E-state index contributed by atoms with van der Waals surface area (Å²) in [5.74, 6) is 1.56. The van der Waals surface area contributed by atoms with Crippen LogP contribution in [0.1, 0.15) is 53.2 Å². The molecule has 13 heteroatoms. The quantitative estimate of drug-likeness (QED) is 0.416. The van der Waals surface area contributed by atoms with Crippen LogP contribution in [0.3, 0.4) is 0 Å². The predicted octanol–water partition coefficient (Wildman–Crippen LogP) is 3.88. The Morgan fingerprint density at radius 2 is 1.98 bits per heavy atom. The SMILES string of the molecule is CC(O)C1CN(c2nccc(Sc3cnc(N4CCC5(CC4)CO[C@@H](C)[C@H]5NC(=O)OC(C)(C)C)c(CO)n3)c2Cl)C1. The van der Waals surface area contributed by atoms with E-state index >= 15 is 0 Å². The Morgan fingerprint density at radius 1 is 1.26 bits per heavy atom. The van der Waals surface area contributed by atoms with E-state index in [1.807, 2.05) is 33.8 Å². The van der Waals surface area contributed by atoms with E-state index in [1.54, 1.807) is 19.3 Å². The monoisotopic (exact) mass is 620 g/mol. The van der Waals surface area contributed by atoms with Crippen LogP contribution in [0.4, 0.5) is 16.4 Å². The van der Waals surface area contributed by atoms with E-state index in [-0.39, 0.29) is 36.2 Å². The van der Waals surface area contributed by atoms with Gasteiger partial charge in [0.05, 0.1) is 42.7 Å². The summed E-state index contributed by atoms with van der Waals surface area (Å²) in [7, 11) is 0. The molecule has 3 fully saturated rings. The number of amides is 1. The molecule has 3 N–H and O–H groups in total. The lowest BCUT2D eigenvalue weighted by Crippen LogP contribution is -2.55. The van der Waals surface area contributed by atoms with Gasteiger partial charge in [0.15, 0.2) is 5.82 Å². The molecule has 42 heavy (non-hydrogen) atoms. The van der Waals surface area contributed by atoms with Crippen molar-refractivity contribution >= 4 is 41.1 Å². The number of halogens is 1. The van der Waals surface area contributed by atoms with Crippen molar-refractivity contribution in [3.63, 3.8) is 0 Å². The smallest absolute Gasteiger partial charge is 0.407 e. The molecule has 3 aliphatic heterocycles. The Kier molecular flexibility index (Phi) is 9.11. The van der Waals surface area contributed by atoms with E-state index in [1.165, 1.54) is 11.8 Å². The normalized spacial score (nSPS) is 23.1. The first-order chi connectivity index (χ1) is 19.9. The van der Waals surface area contributed by atoms with E-state index in [0.717, 1.165) is 17.7 Å². The van der Waals surface area contributed by atoms with Gasteiger partial charge in [-0.2, -0.15) is 0 Å². The molecule has 1 amide bonds. The second-order valence-corrected chi connectivity index (χ2v) is 14.0. The minimum Gasteiger partial charge on any atom is -0.444 e. The second-order valence-electron chi connectivity index (χ2n) is 12.6. The van der Waals surface area contributed by atoms with Gasteiger partial charge in [0.25, 0.3) is 0 Å². The van der Waals surface area contributed by atoms with E-state index in [4.69, 9.17) is 31.0 Å². The maximum atomic E-state index is 12.6. The number of ether oxygens (including phenoxy) is 2. The Balaban J connectivity index is 1.25. The fourth-order valence-electron chi connectivity index (χ4n) is 5.95. The Labute approximate surface area is 256 Å². The van der Waals surface area contributed by atoms with Crippen LogP contribution in [0.25, 0.3) is 0 Å². The Bertz CT molecular complexity index is 1280. The number of aliphatic hydroxyl groups excluding tert-OH is 2. The Hall–Kier alpha value is -2.38. The van der Waals surface area contributed by atoms with E-state index in [9.17, 15) is 15.0 Å². The van der Waals surface area contributed by atoms with Gasteiger partial charge in [-0.1, -0.05) is 23.4 Å². The van der Waals surface area contributed by atoms with Crippen LogP contribution in [0.2, 0.25) is 5.02 Å². The van der Waals surface area contributed by atoms with Gasteiger partial charge in [-0.25, -0.2) is 19.7 Å². The third-order valence-electron chi connectivity index (χ3n) is 8.39. The molecule has 0 saturated carbocycles. The molecular formula is C29H41ClN6O5S. The molecule has 1 unspecified atom stereocenters. The topological polar surface area (TPSA) is 133 Å². The number of piperidine rings is 1. The van der Waals surface area contributed by atoms with Crippen LogP contribution in [0, 0.1) is 11.3 Å². The molecule has 0 radical (unpaired) electrons. The van der Waals surface area contributed by atoms with Crippen LogP contribution in [-0.2, 0) is 16.1 Å². The molecule has 3 aliphatic rings. The van der Waals surface area contributed by atoms with Gasteiger partial charge in [-0.3, -0.25) is 0 Å². The molecule has 11 nitrogen and oxygen atoms in total. The fraction of sp³-hybridized carbons (Fsp3) is 0.655. The van der Waals surface area contributed by atoms with Gasteiger partial charge in [-0.05, 0) is 53.5 Å². The molecule has 230 valence electrons. The minimum atomic E-state index is -0.574. The van der Waals surface area contributed by atoms with E-state index in [2.05, 4.69) is 20.1 Å². The highest BCUT2D eigenvalue weighted by atomic mass is 35.5. The number of hydrogen-bond donors (Lipinski definition) is 3. The molecule has 0 bridgehead atoms. The number of anilines is 2. The molecule has 3 saturated heterocycles. The lowest BCUT2D eigenvalue weighted by molar-refractivity contribution is 0.0434. The number of carbonyl (C=O) groups excluding carboxylic acids is 1. The van der Waals surface area contributed by atoms with Gasteiger partial charge in [0, 0.05) is 48.6 Å². The number of alkyl carbamates (subject to hydrolysis) is 1. The van der Waals surface area contributed by atoms with Crippen molar-refractivity contribution < 1.29 is 24.5 Å². The maximum absolute atomic E-state index is 12.6. The molecule has 2 aromatic rings. The van der Waals surface area contributed by atoms with Crippen LogP contribution in [0.5, 0.6) is 0 Å². The molecule has 3 atom stereocenters. The van der Waals surface area contributed by atoms with Crippen LogP contribution in [-0.4, -0.2) is 87.9 Å². The summed E-state index contributed by atoms with van der Waals surface area (Å²) in [6, 6.07) is 1.69. The number of nitrogens with one attached hydrogen (secondary N) is 1. The average Bonchev–Trinajstić information content (AvgIpc) is 3.18. The highest BCUT2D eigenvalue weighted by Crippen LogP contribution is 2.44. The highest BCUT2D eigenvalue weighted by molar-refractivity contribution is 7.99. The largest absolute Gasteiger partial charge is 0.444 e. The zero-order valence-electron chi connectivity index (χ0n) is 24.8. The van der Waals surface area contributed by atoms with Crippen molar-refractivity contribution in [1.82, 2.24) is 20.3 Å². The number of rotatable bonds is 7. The third-order valence-corrected chi connectivity index (χ3v) is 9.84. The predicted molar refractivity (Wildman–Crippen MR) is 161 cm³/mol. The summed E-state index contributed by atoms with van der Waals surface area (Å²) in [5, 5.41) is 24.3. The van der Waals surface area contributed by atoms with Gasteiger partial charge < -0.3 is 34.8 Å². The average molecular weight is 621 g/mol. The summed E-state index contributed by atoms with van der Waals surface area (Å²) in [6.07, 6.45) is 4.11. The van der Waals surface area contributed by atoms with Gasteiger partial charge >= 0.3 is 6.09 Å². The number of aliphatic hydroxyl groups is 2. The number of nitrogens with zero attached hydrogens (tertiary/aromatic N) is 5. The molecule has 2 aromatic heterocycles. The number of pyridine rings is 1. The molecule has 5 rings (SSSR count). The van der Waals surface area contributed by atoms with E-state index in [0.29, 0.717) is 60.2 Å². The summed E-state index contributed by atoms with van der Waals surface area (Å²) in [4.78, 5) is 31.5. The molecule has 0 aromatic carbocycles. The third kappa shape index (κ3) is 6.57. The summed E-state index contributed by atoms with van der Waals surface area (Å²) < 4.78 is 11.5. The number of carbonyl (C=O) groups is 1. The van der Waals surface area contributed by atoms with Crippen molar-refractivity contribution in [2.24, 2.45) is 11.3 Å². The van der Waals surface area contributed by atoms with Crippen molar-refractivity contribution in [2.45, 2.75) is 87.8 Å². The van der Waals surface area contributed by atoms with Crippen molar-refractivity contribution in [3.8, 4) is 0 Å². The molecule has 5 heterocycles. The molecular weight excluding hydrogens is 580 g/mol. The van der Waals surface area contributed by atoms with Crippen LogP contribution < -0.4 is 15.1 Å². The zero-order valence-corrected chi connectivity index (χ0v) is 26.4. The first-order valence-corrected chi connectivity index (χ1v) is 15.7. The molecule has 1 spiro atoms. The van der Waals surface area contributed by atoms with Gasteiger partial charge in [0.2, 0.25) is 0 Å². The van der Waals surface area contributed by atoms with Crippen molar-refractivity contribution in [1.29, 1.82) is 0 Å². The number of hydrogen-bond acceptors (Lipinski definition) is 11. The van der Waals surface area contributed by atoms with E-state index < -0.39 is 11.7 Å². The van der Waals surface area contributed by atoms with Gasteiger partial charge in [0.1, 0.15) is 22.1 Å². The summed E-state index contributed by atoms with van der Waals surface area (Å²) in [6.45, 7) is 12.5. The van der Waals surface area contributed by atoms with Crippen molar-refractivity contribution in [3.05, 3.63) is 29.2 Å². The lowest BCUT2D eigenvalue weighted by atomic mass is 9.73. The number of aromatic nitrogens is 3. The maximum Gasteiger partial charge on any atom is 0.407 e. The second kappa shape index (κ2) is 12.3. The minimum absolute atomic E-state index is 0.116. The first-order valence-electron chi connectivity index (χ1n) is 14.5. The Morgan fingerprint density at radius 3 is 2.62 bits per heavy atom. The first kappa shape index (κ1) is 31.1. The summed E-state index contributed by atoms with van der Waals surface area (Å²) in [5.41, 5.74) is -0.268.